The van der Waals surface area contributed by atoms with Gasteiger partial charge < -0.3 is 4.74 Å². The summed E-state index contributed by atoms with van der Waals surface area (Å²) in [5.41, 5.74) is 1.24. The number of Topliss-reactive ketones (excluding diaryl/α,β-unsaturated/α-hetero) is 1. The van der Waals surface area contributed by atoms with E-state index in [1.807, 2.05) is 6.08 Å². The molecule has 0 amide bonds. The van der Waals surface area contributed by atoms with Gasteiger partial charge in [-0.3, -0.25) is 9.59 Å². The maximum absolute atomic E-state index is 13.4. The average molecular weight is 471 g/mol. The standard InChI is InChI=1S/C31H50O3/c1-4-5-6-7-8-9-10-11-12-13-20-34-24-16-18-30(2)23(21-24)22-27(32)29-25-14-15-28(33)31(25,3)19-17-26(29)30/h22,24-26,29H,4-21H2,1-3H3/t24?,25-,26-,29-,30-,31-/m0/s1. The van der Waals surface area contributed by atoms with Crippen LogP contribution in [0, 0.1) is 28.6 Å². The molecule has 6 atom stereocenters. The van der Waals surface area contributed by atoms with Gasteiger partial charge in [0.1, 0.15) is 5.78 Å². The van der Waals surface area contributed by atoms with E-state index in [9.17, 15) is 9.59 Å². The minimum Gasteiger partial charge on any atom is -0.378 e. The van der Waals surface area contributed by atoms with E-state index in [4.69, 9.17) is 4.74 Å². The second-order valence-electron chi connectivity index (χ2n) is 12.6. The van der Waals surface area contributed by atoms with Gasteiger partial charge in [0.2, 0.25) is 0 Å². The van der Waals surface area contributed by atoms with Crippen molar-refractivity contribution in [2.24, 2.45) is 28.6 Å². The zero-order chi connectivity index (χ0) is 24.2. The summed E-state index contributed by atoms with van der Waals surface area (Å²) in [5.74, 6) is 1.49. The fraction of sp³-hybridized carbons (Fsp3) is 0.871. The molecule has 0 N–H and O–H groups in total. The number of unbranched alkanes of at least 4 members (excludes halogenated alkanes) is 9. The Morgan fingerprint density at radius 1 is 0.824 bits per heavy atom. The Balaban J connectivity index is 1.21. The molecule has 1 unspecified atom stereocenters. The summed E-state index contributed by atoms with van der Waals surface area (Å²) in [7, 11) is 0. The lowest BCUT2D eigenvalue weighted by Gasteiger charge is -2.56. The van der Waals surface area contributed by atoms with Crippen molar-refractivity contribution in [3.05, 3.63) is 11.6 Å². The smallest absolute Gasteiger partial charge is 0.159 e. The van der Waals surface area contributed by atoms with Crippen molar-refractivity contribution < 1.29 is 14.3 Å². The molecule has 0 bridgehead atoms. The monoisotopic (exact) mass is 470 g/mol. The Morgan fingerprint density at radius 3 is 2.15 bits per heavy atom. The molecule has 0 heterocycles. The van der Waals surface area contributed by atoms with Crippen LogP contribution in [0.25, 0.3) is 0 Å². The predicted octanol–water partition coefficient (Wildman–Crippen LogP) is 8.00. The molecule has 3 heteroatoms. The fourth-order valence-corrected chi connectivity index (χ4v) is 8.12. The molecule has 3 fully saturated rings. The third-order valence-corrected chi connectivity index (χ3v) is 10.5. The largest absolute Gasteiger partial charge is 0.378 e. The van der Waals surface area contributed by atoms with E-state index in [0.717, 1.165) is 45.1 Å². The van der Waals surface area contributed by atoms with E-state index in [-0.39, 0.29) is 28.8 Å². The lowest BCUT2D eigenvalue weighted by molar-refractivity contribution is -0.140. The first kappa shape index (κ1) is 26.1. The van der Waals surface area contributed by atoms with Crippen LogP contribution in [0.15, 0.2) is 11.6 Å². The zero-order valence-electron chi connectivity index (χ0n) is 22.3. The topological polar surface area (TPSA) is 43.4 Å². The molecule has 0 radical (unpaired) electrons. The fourth-order valence-electron chi connectivity index (χ4n) is 8.12. The van der Waals surface area contributed by atoms with Gasteiger partial charge in [0, 0.05) is 24.4 Å². The molecule has 0 saturated heterocycles. The van der Waals surface area contributed by atoms with Crippen LogP contribution in [-0.2, 0) is 14.3 Å². The molecular weight excluding hydrogens is 420 g/mol. The third-order valence-electron chi connectivity index (χ3n) is 10.5. The van der Waals surface area contributed by atoms with Gasteiger partial charge in [-0.15, -0.1) is 0 Å². The van der Waals surface area contributed by atoms with Crippen LogP contribution in [-0.4, -0.2) is 24.3 Å². The highest BCUT2D eigenvalue weighted by molar-refractivity contribution is 5.96. The van der Waals surface area contributed by atoms with Crippen molar-refractivity contribution in [3.63, 3.8) is 0 Å². The lowest BCUT2D eigenvalue weighted by atomic mass is 9.48. The summed E-state index contributed by atoms with van der Waals surface area (Å²) < 4.78 is 6.32. The van der Waals surface area contributed by atoms with E-state index in [1.165, 1.54) is 69.8 Å². The first-order valence-electron chi connectivity index (χ1n) is 14.8. The minimum atomic E-state index is -0.242. The Hall–Kier alpha value is -0.960. The summed E-state index contributed by atoms with van der Waals surface area (Å²) in [4.78, 5) is 26.0. The molecule has 4 aliphatic rings. The van der Waals surface area contributed by atoms with Gasteiger partial charge in [0.05, 0.1) is 6.10 Å². The number of carbonyl (C=O) groups is 2. The Morgan fingerprint density at radius 2 is 1.44 bits per heavy atom. The number of hydrogen-bond acceptors (Lipinski definition) is 3. The number of fused-ring (bicyclic) bond motifs is 5. The Bertz CT molecular complexity index is 754. The number of ether oxygens (including phenoxy) is 1. The summed E-state index contributed by atoms with van der Waals surface area (Å²) in [6.45, 7) is 7.71. The SMILES string of the molecule is CCCCCCCCCCCCOC1CC[C@@]2(C)C(=CC(=O)[C@@H]3[C@@H]2CC[C@]2(C)C(=O)CC[C@@H]32)C1. The van der Waals surface area contributed by atoms with Crippen molar-refractivity contribution >= 4 is 11.6 Å². The summed E-state index contributed by atoms with van der Waals surface area (Å²) in [6, 6.07) is 0. The highest BCUT2D eigenvalue weighted by atomic mass is 16.5. The molecular formula is C31H50O3. The van der Waals surface area contributed by atoms with E-state index in [1.54, 1.807) is 0 Å². The predicted molar refractivity (Wildman–Crippen MR) is 139 cm³/mol. The van der Waals surface area contributed by atoms with Gasteiger partial charge in [-0.2, -0.15) is 0 Å². The van der Waals surface area contributed by atoms with E-state index < -0.39 is 0 Å². The number of ketones is 2. The van der Waals surface area contributed by atoms with Crippen LogP contribution in [0.1, 0.15) is 130 Å². The van der Waals surface area contributed by atoms with Gasteiger partial charge in [0.25, 0.3) is 0 Å². The Kier molecular flexibility index (Phi) is 8.75. The molecule has 0 aromatic carbocycles. The van der Waals surface area contributed by atoms with Gasteiger partial charge in [-0.05, 0) is 68.3 Å². The molecule has 34 heavy (non-hydrogen) atoms. The van der Waals surface area contributed by atoms with Crippen LogP contribution in [0.2, 0.25) is 0 Å². The molecule has 0 aliphatic heterocycles. The summed E-state index contributed by atoms with van der Waals surface area (Å²) in [5, 5.41) is 0. The van der Waals surface area contributed by atoms with Crippen LogP contribution in [0.3, 0.4) is 0 Å². The summed E-state index contributed by atoms with van der Waals surface area (Å²) in [6.07, 6.45) is 22.6. The normalized spacial score (nSPS) is 37.2. The van der Waals surface area contributed by atoms with Crippen LogP contribution < -0.4 is 0 Å². The molecule has 4 aliphatic carbocycles. The van der Waals surface area contributed by atoms with E-state index in [2.05, 4.69) is 20.8 Å². The van der Waals surface area contributed by atoms with Crippen LogP contribution in [0.4, 0.5) is 0 Å². The lowest BCUT2D eigenvalue weighted by Crippen LogP contribution is -2.53. The Labute approximate surface area is 208 Å². The summed E-state index contributed by atoms with van der Waals surface area (Å²) >= 11 is 0. The first-order chi connectivity index (χ1) is 16.4. The maximum atomic E-state index is 13.4. The molecule has 192 valence electrons. The van der Waals surface area contributed by atoms with Crippen molar-refractivity contribution in [3.8, 4) is 0 Å². The van der Waals surface area contributed by atoms with Crippen molar-refractivity contribution in [2.45, 2.75) is 136 Å². The quantitative estimate of drug-likeness (QED) is 0.271. The van der Waals surface area contributed by atoms with Gasteiger partial charge in [0.15, 0.2) is 5.78 Å². The van der Waals surface area contributed by atoms with Gasteiger partial charge in [-0.25, -0.2) is 0 Å². The molecule has 0 aromatic heterocycles. The second kappa shape index (κ2) is 11.4. The highest BCUT2D eigenvalue weighted by Crippen LogP contribution is 2.63. The second-order valence-corrected chi connectivity index (χ2v) is 12.6. The molecule has 3 nitrogen and oxygen atoms in total. The molecule has 4 rings (SSSR count). The first-order valence-corrected chi connectivity index (χ1v) is 14.8. The van der Waals surface area contributed by atoms with Gasteiger partial charge in [-0.1, -0.05) is 84.1 Å². The van der Waals surface area contributed by atoms with Gasteiger partial charge >= 0.3 is 0 Å². The average Bonchev–Trinajstić information content (AvgIpc) is 3.12. The minimum absolute atomic E-state index is 0.0723. The zero-order valence-corrected chi connectivity index (χ0v) is 22.3. The number of hydrogen-bond donors (Lipinski definition) is 0. The van der Waals surface area contributed by atoms with Crippen LogP contribution in [0.5, 0.6) is 0 Å². The third kappa shape index (κ3) is 5.25. The van der Waals surface area contributed by atoms with Crippen molar-refractivity contribution in [1.29, 1.82) is 0 Å². The number of allylic oxidation sites excluding steroid dienone is 1. The van der Waals surface area contributed by atoms with Crippen molar-refractivity contribution in [2.75, 3.05) is 6.61 Å². The van der Waals surface area contributed by atoms with Crippen molar-refractivity contribution in [1.82, 2.24) is 0 Å². The van der Waals surface area contributed by atoms with Crippen LogP contribution >= 0.6 is 0 Å². The molecule has 3 saturated carbocycles. The maximum Gasteiger partial charge on any atom is 0.159 e. The van der Waals surface area contributed by atoms with E-state index in [0.29, 0.717) is 23.9 Å². The molecule has 0 aromatic rings. The highest BCUT2D eigenvalue weighted by Gasteiger charge is 2.60. The number of rotatable bonds is 12. The molecule has 0 spiro atoms. The number of carbonyl (C=O) groups excluding carboxylic acids is 2. The van der Waals surface area contributed by atoms with E-state index >= 15 is 0 Å².